The van der Waals surface area contributed by atoms with Gasteiger partial charge in [0, 0.05) is 33.6 Å². The maximum atomic E-state index is 5.15. The zero-order chi connectivity index (χ0) is 13.7. The summed E-state index contributed by atoms with van der Waals surface area (Å²) in [5.41, 5.74) is 2.50. The Balaban J connectivity index is 2.02. The average Bonchev–Trinajstić information content (AvgIpc) is 2.74. The van der Waals surface area contributed by atoms with Crippen molar-refractivity contribution in [2.45, 2.75) is 19.9 Å². The van der Waals surface area contributed by atoms with Gasteiger partial charge in [0.25, 0.3) is 0 Å². The van der Waals surface area contributed by atoms with Crippen LogP contribution in [0.15, 0.2) is 34.8 Å². The van der Waals surface area contributed by atoms with Crippen LogP contribution >= 0.6 is 27.3 Å². The van der Waals surface area contributed by atoms with Crippen LogP contribution in [-0.4, -0.2) is 13.7 Å². The fourth-order valence-electron chi connectivity index (χ4n) is 1.91. The first-order valence-corrected chi connectivity index (χ1v) is 7.87. The molecule has 4 heteroatoms. The monoisotopic (exact) mass is 339 g/mol. The highest BCUT2D eigenvalue weighted by Crippen LogP contribution is 2.27. The second-order valence-corrected chi connectivity index (χ2v) is 6.57. The van der Waals surface area contributed by atoms with Gasteiger partial charge in [-0.2, -0.15) is 0 Å². The summed E-state index contributed by atoms with van der Waals surface area (Å²) >= 11 is 5.38. The minimum atomic E-state index is 0.752. The molecule has 0 aliphatic rings. The highest BCUT2D eigenvalue weighted by Gasteiger charge is 2.05. The molecule has 0 amide bonds. The second-order valence-electron chi connectivity index (χ2n) is 4.37. The summed E-state index contributed by atoms with van der Waals surface area (Å²) in [6, 6.07) is 10.6. The Kier molecular flexibility index (Phi) is 5.43. The van der Waals surface area contributed by atoms with E-state index in [1.165, 1.54) is 25.5 Å². The van der Waals surface area contributed by atoms with Gasteiger partial charge in [-0.25, -0.2) is 0 Å². The summed E-state index contributed by atoms with van der Waals surface area (Å²) < 4.78 is 6.35. The molecule has 1 heterocycles. The average molecular weight is 340 g/mol. The number of benzene rings is 1. The SMILES string of the molecule is COCCc1ccccc1NCc1cc(Br)c(C)s1. The third-order valence-electron chi connectivity index (χ3n) is 2.95. The van der Waals surface area contributed by atoms with Crippen molar-refractivity contribution in [3.63, 3.8) is 0 Å². The minimum absolute atomic E-state index is 0.752. The highest BCUT2D eigenvalue weighted by atomic mass is 79.9. The zero-order valence-electron chi connectivity index (χ0n) is 11.2. The molecule has 2 nitrogen and oxygen atoms in total. The number of para-hydroxylation sites is 1. The van der Waals surface area contributed by atoms with E-state index in [1.54, 1.807) is 7.11 Å². The van der Waals surface area contributed by atoms with E-state index >= 15 is 0 Å². The number of aryl methyl sites for hydroxylation is 1. The number of ether oxygens (including phenoxy) is 1. The molecule has 0 unspecified atom stereocenters. The van der Waals surface area contributed by atoms with Crippen LogP contribution in [0.3, 0.4) is 0 Å². The lowest BCUT2D eigenvalue weighted by atomic mass is 10.1. The number of methoxy groups -OCH3 is 1. The Morgan fingerprint density at radius 1 is 1.32 bits per heavy atom. The fourth-order valence-corrected chi connectivity index (χ4v) is 3.45. The standard InChI is InChI=1S/C15H18BrNOS/c1-11-14(16)9-13(19-11)10-17-15-6-4-3-5-12(15)7-8-18-2/h3-6,9,17H,7-8,10H2,1-2H3. The van der Waals surface area contributed by atoms with Crippen molar-refractivity contribution in [3.05, 3.63) is 50.1 Å². The van der Waals surface area contributed by atoms with Crippen LogP contribution in [0.25, 0.3) is 0 Å². The summed E-state index contributed by atoms with van der Waals surface area (Å²) in [5.74, 6) is 0. The van der Waals surface area contributed by atoms with Crippen LogP contribution in [0.1, 0.15) is 15.3 Å². The van der Waals surface area contributed by atoms with Gasteiger partial charge in [-0.1, -0.05) is 18.2 Å². The van der Waals surface area contributed by atoms with Crippen molar-refractivity contribution in [1.82, 2.24) is 0 Å². The van der Waals surface area contributed by atoms with Gasteiger partial charge in [0.2, 0.25) is 0 Å². The van der Waals surface area contributed by atoms with Crippen molar-refractivity contribution in [2.75, 3.05) is 19.0 Å². The normalized spacial score (nSPS) is 10.7. The predicted molar refractivity (Wildman–Crippen MR) is 86.1 cm³/mol. The highest BCUT2D eigenvalue weighted by molar-refractivity contribution is 9.10. The lowest BCUT2D eigenvalue weighted by Crippen LogP contribution is -2.03. The molecule has 0 aliphatic heterocycles. The van der Waals surface area contributed by atoms with Gasteiger partial charge in [-0.3, -0.25) is 0 Å². The number of anilines is 1. The van der Waals surface area contributed by atoms with E-state index in [2.05, 4.69) is 58.5 Å². The van der Waals surface area contributed by atoms with Crippen molar-refractivity contribution in [1.29, 1.82) is 0 Å². The number of thiophene rings is 1. The number of nitrogens with one attached hydrogen (secondary N) is 1. The van der Waals surface area contributed by atoms with Gasteiger partial charge >= 0.3 is 0 Å². The molecule has 19 heavy (non-hydrogen) atoms. The summed E-state index contributed by atoms with van der Waals surface area (Å²) in [4.78, 5) is 2.66. The molecule has 0 bridgehead atoms. The fraction of sp³-hybridized carbons (Fsp3) is 0.333. The Bertz CT molecular complexity index is 519. The first-order valence-electron chi connectivity index (χ1n) is 6.26. The summed E-state index contributed by atoms with van der Waals surface area (Å²) in [6.07, 6.45) is 0.937. The quantitative estimate of drug-likeness (QED) is 0.828. The molecule has 1 N–H and O–H groups in total. The van der Waals surface area contributed by atoms with Crippen molar-refractivity contribution in [2.24, 2.45) is 0 Å². The summed E-state index contributed by atoms with van der Waals surface area (Å²) in [7, 11) is 1.74. The minimum Gasteiger partial charge on any atom is -0.384 e. The molecule has 0 atom stereocenters. The smallest absolute Gasteiger partial charge is 0.0503 e. The lowest BCUT2D eigenvalue weighted by Gasteiger charge is -2.11. The number of rotatable bonds is 6. The topological polar surface area (TPSA) is 21.3 Å². The maximum Gasteiger partial charge on any atom is 0.0503 e. The molecule has 0 saturated carbocycles. The molecule has 2 rings (SSSR count). The predicted octanol–water partition coefficient (Wildman–Crippen LogP) is 4.62. The van der Waals surface area contributed by atoms with Crippen LogP contribution in [0.2, 0.25) is 0 Å². The van der Waals surface area contributed by atoms with Gasteiger partial charge in [0.05, 0.1) is 6.61 Å². The molecule has 0 spiro atoms. The van der Waals surface area contributed by atoms with Gasteiger partial charge in [-0.15, -0.1) is 11.3 Å². The molecule has 2 aromatic rings. The van der Waals surface area contributed by atoms with Gasteiger partial charge in [-0.05, 0) is 47.0 Å². The van der Waals surface area contributed by atoms with E-state index in [4.69, 9.17) is 4.74 Å². The van der Waals surface area contributed by atoms with E-state index in [0.29, 0.717) is 0 Å². The molecule has 1 aromatic carbocycles. The lowest BCUT2D eigenvalue weighted by molar-refractivity contribution is 0.202. The van der Waals surface area contributed by atoms with Gasteiger partial charge in [0.15, 0.2) is 0 Å². The largest absolute Gasteiger partial charge is 0.384 e. The van der Waals surface area contributed by atoms with Crippen LogP contribution in [0.4, 0.5) is 5.69 Å². The van der Waals surface area contributed by atoms with E-state index in [1.807, 2.05) is 11.3 Å². The third-order valence-corrected chi connectivity index (χ3v) is 5.09. The molecular formula is C15H18BrNOS. The Labute approximate surface area is 126 Å². The third kappa shape index (κ3) is 4.06. The van der Waals surface area contributed by atoms with E-state index < -0.39 is 0 Å². The molecule has 0 radical (unpaired) electrons. The van der Waals surface area contributed by atoms with Crippen molar-refractivity contribution >= 4 is 33.0 Å². The van der Waals surface area contributed by atoms with Gasteiger partial charge < -0.3 is 10.1 Å². The molecule has 1 aromatic heterocycles. The first kappa shape index (κ1) is 14.6. The Morgan fingerprint density at radius 2 is 2.11 bits per heavy atom. The van der Waals surface area contributed by atoms with E-state index in [9.17, 15) is 0 Å². The van der Waals surface area contributed by atoms with Crippen LogP contribution in [0, 0.1) is 6.92 Å². The number of halogens is 1. The number of hydrogen-bond donors (Lipinski definition) is 1. The van der Waals surface area contributed by atoms with E-state index in [0.717, 1.165) is 19.6 Å². The van der Waals surface area contributed by atoms with Gasteiger partial charge in [0.1, 0.15) is 0 Å². The molecular weight excluding hydrogens is 322 g/mol. The molecule has 0 fully saturated rings. The van der Waals surface area contributed by atoms with Crippen LogP contribution < -0.4 is 5.32 Å². The summed E-state index contributed by atoms with van der Waals surface area (Å²) in [5, 5.41) is 3.51. The molecule has 0 saturated heterocycles. The van der Waals surface area contributed by atoms with Crippen molar-refractivity contribution < 1.29 is 4.74 Å². The molecule has 102 valence electrons. The number of hydrogen-bond acceptors (Lipinski definition) is 3. The zero-order valence-corrected chi connectivity index (χ0v) is 13.6. The Morgan fingerprint density at radius 3 is 2.79 bits per heavy atom. The van der Waals surface area contributed by atoms with Crippen LogP contribution in [-0.2, 0) is 17.7 Å². The maximum absolute atomic E-state index is 5.15. The molecule has 0 aliphatic carbocycles. The van der Waals surface area contributed by atoms with E-state index in [-0.39, 0.29) is 0 Å². The van der Waals surface area contributed by atoms with Crippen LogP contribution in [0.5, 0.6) is 0 Å². The second kappa shape index (κ2) is 7.08. The van der Waals surface area contributed by atoms with Crippen molar-refractivity contribution in [3.8, 4) is 0 Å². The first-order chi connectivity index (χ1) is 9.20. The Hall–Kier alpha value is -0.840. The summed E-state index contributed by atoms with van der Waals surface area (Å²) in [6.45, 7) is 3.74.